The fourth-order valence-electron chi connectivity index (χ4n) is 1.90. The summed E-state index contributed by atoms with van der Waals surface area (Å²) in [5.74, 6) is 0.285. The Balaban J connectivity index is 2.25. The minimum absolute atomic E-state index is 0.285. The van der Waals surface area contributed by atoms with Crippen LogP contribution in [-0.2, 0) is 7.05 Å². The molecule has 0 bridgehead atoms. The molecule has 86 valence electrons. The zero-order chi connectivity index (χ0) is 12.0. The van der Waals surface area contributed by atoms with E-state index < -0.39 is 0 Å². The van der Waals surface area contributed by atoms with Crippen LogP contribution in [0.3, 0.4) is 0 Å². The molecule has 0 amide bonds. The van der Waals surface area contributed by atoms with E-state index in [1.807, 2.05) is 38.6 Å². The minimum atomic E-state index is 0.285. The van der Waals surface area contributed by atoms with Gasteiger partial charge >= 0.3 is 0 Å². The van der Waals surface area contributed by atoms with Crippen LogP contribution in [0.5, 0.6) is 0 Å². The number of aryl methyl sites for hydroxylation is 2. The number of nitrogen functional groups attached to an aromatic ring is 1. The molecule has 0 radical (unpaired) electrons. The van der Waals surface area contributed by atoms with Crippen molar-refractivity contribution in [3.8, 4) is 11.1 Å². The molecule has 0 aliphatic carbocycles. The van der Waals surface area contributed by atoms with E-state index in [1.165, 1.54) is 0 Å². The molecule has 0 saturated heterocycles. The molecule has 0 saturated carbocycles. The summed E-state index contributed by atoms with van der Waals surface area (Å²) >= 11 is 0. The monoisotopic (exact) mass is 228 g/mol. The normalized spacial score (nSPS) is 11.2. The van der Waals surface area contributed by atoms with Crippen molar-refractivity contribution in [2.24, 2.45) is 7.05 Å². The van der Waals surface area contributed by atoms with Crippen LogP contribution in [0.15, 0.2) is 24.7 Å². The van der Waals surface area contributed by atoms with E-state index in [0.717, 1.165) is 22.3 Å². The zero-order valence-electron chi connectivity index (χ0n) is 9.62. The molecule has 0 unspecified atom stereocenters. The Morgan fingerprint density at radius 1 is 1.29 bits per heavy atom. The van der Waals surface area contributed by atoms with E-state index in [2.05, 4.69) is 15.2 Å². The van der Waals surface area contributed by atoms with E-state index in [1.54, 1.807) is 9.20 Å². The molecule has 3 aromatic rings. The third kappa shape index (κ3) is 1.54. The van der Waals surface area contributed by atoms with E-state index in [0.29, 0.717) is 0 Å². The first-order chi connectivity index (χ1) is 8.13. The lowest BCUT2D eigenvalue weighted by atomic mass is 10.1. The lowest BCUT2D eigenvalue weighted by molar-refractivity contribution is 0.768. The summed E-state index contributed by atoms with van der Waals surface area (Å²) in [6.07, 6.45) is 5.72. The number of nitrogens with zero attached hydrogens (tertiary/aromatic N) is 5. The second-order valence-corrected chi connectivity index (χ2v) is 4.05. The predicted octanol–water partition coefficient (Wildman–Crippen LogP) is 1.02. The van der Waals surface area contributed by atoms with Crippen LogP contribution >= 0.6 is 0 Å². The van der Waals surface area contributed by atoms with Crippen LogP contribution < -0.4 is 5.73 Å². The molecule has 3 aromatic heterocycles. The van der Waals surface area contributed by atoms with Crippen LogP contribution in [0.2, 0.25) is 0 Å². The molecule has 17 heavy (non-hydrogen) atoms. The first-order valence-corrected chi connectivity index (χ1v) is 5.25. The van der Waals surface area contributed by atoms with Crippen LogP contribution in [0.4, 0.5) is 5.95 Å². The van der Waals surface area contributed by atoms with Crippen LogP contribution in [0.1, 0.15) is 5.56 Å². The molecular weight excluding hydrogens is 216 g/mol. The number of hydrogen-bond donors (Lipinski definition) is 1. The number of pyridine rings is 1. The van der Waals surface area contributed by atoms with Crippen molar-refractivity contribution in [3.63, 3.8) is 0 Å². The third-order valence-corrected chi connectivity index (χ3v) is 2.71. The lowest BCUT2D eigenvalue weighted by Gasteiger charge is -2.03. The van der Waals surface area contributed by atoms with E-state index in [-0.39, 0.29) is 5.95 Å². The van der Waals surface area contributed by atoms with Gasteiger partial charge in [0.25, 0.3) is 0 Å². The Labute approximate surface area is 97.7 Å². The fourth-order valence-corrected chi connectivity index (χ4v) is 1.90. The van der Waals surface area contributed by atoms with Gasteiger partial charge in [0.2, 0.25) is 5.95 Å². The summed E-state index contributed by atoms with van der Waals surface area (Å²) in [5.41, 5.74) is 9.59. The van der Waals surface area contributed by atoms with Gasteiger partial charge in [-0.2, -0.15) is 10.1 Å². The number of hydrogen-bond acceptors (Lipinski definition) is 4. The van der Waals surface area contributed by atoms with E-state index >= 15 is 0 Å². The molecular formula is C11H12N6. The average Bonchev–Trinajstić information content (AvgIpc) is 2.82. The first-order valence-electron chi connectivity index (χ1n) is 5.25. The lowest BCUT2D eigenvalue weighted by Crippen LogP contribution is -1.92. The highest BCUT2D eigenvalue weighted by molar-refractivity contribution is 5.67. The number of fused-ring (bicyclic) bond motifs is 1. The zero-order valence-corrected chi connectivity index (χ0v) is 9.62. The van der Waals surface area contributed by atoms with Crippen molar-refractivity contribution < 1.29 is 0 Å². The molecule has 6 nitrogen and oxygen atoms in total. The maximum absolute atomic E-state index is 5.57. The van der Waals surface area contributed by atoms with Crippen LogP contribution in [0.25, 0.3) is 16.8 Å². The van der Waals surface area contributed by atoms with Gasteiger partial charge in [-0.3, -0.25) is 4.68 Å². The summed E-state index contributed by atoms with van der Waals surface area (Å²) in [5, 5.41) is 8.27. The van der Waals surface area contributed by atoms with Gasteiger partial charge in [0.15, 0.2) is 5.65 Å². The van der Waals surface area contributed by atoms with Gasteiger partial charge in [-0.25, -0.2) is 4.52 Å². The Morgan fingerprint density at radius 3 is 2.82 bits per heavy atom. The molecule has 0 aliphatic heterocycles. The SMILES string of the molecule is Cc1cc2nc(N)nn2cc1-c1cnn(C)c1. The van der Waals surface area contributed by atoms with Crippen LogP contribution in [0, 0.1) is 6.92 Å². The number of nitrogens with two attached hydrogens (primary N) is 1. The summed E-state index contributed by atoms with van der Waals surface area (Å²) in [6.45, 7) is 2.03. The smallest absolute Gasteiger partial charge is 0.240 e. The largest absolute Gasteiger partial charge is 0.366 e. The molecule has 0 spiro atoms. The number of aromatic nitrogens is 5. The number of rotatable bonds is 1. The Hall–Kier alpha value is -2.37. The second-order valence-electron chi connectivity index (χ2n) is 4.05. The van der Waals surface area contributed by atoms with Crippen molar-refractivity contribution in [2.75, 3.05) is 5.73 Å². The molecule has 3 rings (SSSR count). The maximum Gasteiger partial charge on any atom is 0.240 e. The van der Waals surface area contributed by atoms with Gasteiger partial charge in [0.1, 0.15) is 0 Å². The minimum Gasteiger partial charge on any atom is -0.366 e. The third-order valence-electron chi connectivity index (χ3n) is 2.71. The maximum atomic E-state index is 5.57. The van der Waals surface area contributed by atoms with Gasteiger partial charge < -0.3 is 5.73 Å². The Morgan fingerprint density at radius 2 is 2.12 bits per heavy atom. The van der Waals surface area contributed by atoms with Crippen LogP contribution in [-0.4, -0.2) is 24.4 Å². The summed E-state index contributed by atoms with van der Waals surface area (Å²) in [4.78, 5) is 4.12. The topological polar surface area (TPSA) is 74.0 Å². The Kier molecular flexibility index (Phi) is 1.91. The van der Waals surface area contributed by atoms with Crippen molar-refractivity contribution >= 4 is 11.6 Å². The average molecular weight is 228 g/mol. The predicted molar refractivity (Wildman–Crippen MR) is 64.3 cm³/mol. The van der Waals surface area contributed by atoms with E-state index in [4.69, 9.17) is 5.73 Å². The van der Waals surface area contributed by atoms with Gasteiger partial charge in [-0.15, -0.1) is 5.10 Å². The summed E-state index contributed by atoms with van der Waals surface area (Å²) in [6, 6.07) is 1.96. The van der Waals surface area contributed by atoms with Crippen molar-refractivity contribution in [2.45, 2.75) is 6.92 Å². The van der Waals surface area contributed by atoms with Gasteiger partial charge in [0.05, 0.1) is 6.20 Å². The van der Waals surface area contributed by atoms with Gasteiger partial charge in [-0.05, 0) is 18.6 Å². The first kappa shape index (κ1) is 9.83. The highest BCUT2D eigenvalue weighted by Gasteiger charge is 2.08. The standard InChI is InChI=1S/C11H12N6/c1-7-3-10-14-11(12)15-17(10)6-9(7)8-4-13-16(2)5-8/h3-6H,1-2H3,(H2,12,15). The molecule has 0 aromatic carbocycles. The highest BCUT2D eigenvalue weighted by atomic mass is 15.3. The Bertz CT molecular complexity index is 693. The molecule has 0 aliphatic rings. The number of anilines is 1. The second kappa shape index (κ2) is 3.31. The molecule has 0 fully saturated rings. The molecule has 6 heteroatoms. The summed E-state index contributed by atoms with van der Waals surface area (Å²) in [7, 11) is 1.89. The molecule has 0 atom stereocenters. The molecule has 2 N–H and O–H groups in total. The summed E-state index contributed by atoms with van der Waals surface area (Å²) < 4.78 is 3.46. The quantitative estimate of drug-likeness (QED) is 0.674. The van der Waals surface area contributed by atoms with Crippen molar-refractivity contribution in [1.82, 2.24) is 24.4 Å². The van der Waals surface area contributed by atoms with Crippen molar-refractivity contribution in [3.05, 3.63) is 30.2 Å². The van der Waals surface area contributed by atoms with Crippen molar-refractivity contribution in [1.29, 1.82) is 0 Å². The van der Waals surface area contributed by atoms with Gasteiger partial charge in [0, 0.05) is 30.6 Å². The van der Waals surface area contributed by atoms with Gasteiger partial charge in [-0.1, -0.05) is 0 Å². The molecule has 3 heterocycles. The highest BCUT2D eigenvalue weighted by Crippen LogP contribution is 2.23. The van der Waals surface area contributed by atoms with E-state index in [9.17, 15) is 0 Å². The fraction of sp³-hybridized carbons (Fsp3) is 0.182.